The standard InChI is InChI=1S/C22H24N4O6/c1-22(2,3)31-21(30)24-11-8-14(9-12-24)25-13-10-17(23-25)20(29)32-26-18(27)15-6-4-5-7-16(15)19(26)28/h4-7,10,13-14H,8-9,11-12H2,1-3H3. The minimum Gasteiger partial charge on any atom is -0.444 e. The molecule has 0 atom stereocenters. The quantitative estimate of drug-likeness (QED) is 0.675. The number of carbonyl (C=O) groups is 4. The third kappa shape index (κ3) is 4.20. The summed E-state index contributed by atoms with van der Waals surface area (Å²) in [6.07, 6.45) is 2.59. The second-order valence-electron chi connectivity index (χ2n) is 8.71. The molecule has 3 heterocycles. The molecular weight excluding hydrogens is 416 g/mol. The lowest BCUT2D eigenvalue weighted by Crippen LogP contribution is -2.42. The van der Waals surface area contributed by atoms with Crippen LogP contribution in [0.4, 0.5) is 4.79 Å². The van der Waals surface area contributed by atoms with E-state index in [4.69, 9.17) is 9.57 Å². The Morgan fingerprint density at radius 2 is 1.59 bits per heavy atom. The Hall–Kier alpha value is -3.69. The van der Waals surface area contributed by atoms with Gasteiger partial charge in [0.25, 0.3) is 11.8 Å². The van der Waals surface area contributed by atoms with E-state index in [-0.39, 0.29) is 29.0 Å². The van der Waals surface area contributed by atoms with Gasteiger partial charge in [-0.3, -0.25) is 14.3 Å². The van der Waals surface area contributed by atoms with E-state index in [1.54, 1.807) is 27.9 Å². The molecule has 3 amide bonds. The highest BCUT2D eigenvalue weighted by Crippen LogP contribution is 2.25. The van der Waals surface area contributed by atoms with Crippen LogP contribution in [0.3, 0.4) is 0 Å². The number of benzene rings is 1. The fraction of sp³-hybridized carbons (Fsp3) is 0.409. The second-order valence-corrected chi connectivity index (χ2v) is 8.71. The van der Waals surface area contributed by atoms with E-state index >= 15 is 0 Å². The molecule has 0 aliphatic carbocycles. The van der Waals surface area contributed by atoms with Crippen molar-refractivity contribution in [1.29, 1.82) is 0 Å². The van der Waals surface area contributed by atoms with Crippen molar-refractivity contribution in [3.8, 4) is 0 Å². The number of likely N-dealkylation sites (tertiary alicyclic amines) is 1. The molecule has 168 valence electrons. The first kappa shape index (κ1) is 21.5. The number of fused-ring (bicyclic) bond motifs is 1. The fourth-order valence-electron chi connectivity index (χ4n) is 3.67. The van der Waals surface area contributed by atoms with Gasteiger partial charge in [0.15, 0.2) is 5.69 Å². The number of imide groups is 1. The molecule has 10 nitrogen and oxygen atoms in total. The third-order valence-corrected chi connectivity index (χ3v) is 5.24. The molecule has 1 fully saturated rings. The molecule has 1 aromatic carbocycles. The van der Waals surface area contributed by atoms with E-state index < -0.39 is 23.4 Å². The zero-order valence-corrected chi connectivity index (χ0v) is 18.1. The van der Waals surface area contributed by atoms with Gasteiger partial charge in [-0.15, -0.1) is 0 Å². The van der Waals surface area contributed by atoms with Gasteiger partial charge in [-0.05, 0) is 51.8 Å². The summed E-state index contributed by atoms with van der Waals surface area (Å²) in [6, 6.07) is 7.73. The van der Waals surface area contributed by atoms with Crippen molar-refractivity contribution < 1.29 is 28.8 Å². The van der Waals surface area contributed by atoms with Crippen LogP contribution in [0.15, 0.2) is 36.5 Å². The number of hydrogen-bond donors (Lipinski definition) is 0. The minimum absolute atomic E-state index is 0.00505. The van der Waals surface area contributed by atoms with E-state index in [0.29, 0.717) is 31.0 Å². The van der Waals surface area contributed by atoms with Crippen LogP contribution in [-0.4, -0.2) is 62.3 Å². The number of amides is 3. The Morgan fingerprint density at radius 1 is 1.00 bits per heavy atom. The van der Waals surface area contributed by atoms with Crippen LogP contribution in [0.25, 0.3) is 0 Å². The highest BCUT2D eigenvalue weighted by molar-refractivity contribution is 6.21. The monoisotopic (exact) mass is 440 g/mol. The van der Waals surface area contributed by atoms with Crippen molar-refractivity contribution in [2.45, 2.75) is 45.3 Å². The number of aromatic nitrogens is 2. The molecule has 0 unspecified atom stereocenters. The SMILES string of the molecule is CC(C)(C)OC(=O)N1CCC(n2ccc(C(=O)ON3C(=O)c4ccccc4C3=O)n2)CC1. The van der Waals surface area contributed by atoms with Gasteiger partial charge in [0.2, 0.25) is 0 Å². The molecule has 2 aliphatic rings. The van der Waals surface area contributed by atoms with Crippen LogP contribution in [-0.2, 0) is 9.57 Å². The Labute approximate surface area is 184 Å². The van der Waals surface area contributed by atoms with Gasteiger partial charge in [0, 0.05) is 19.3 Å². The van der Waals surface area contributed by atoms with Gasteiger partial charge in [0.05, 0.1) is 17.2 Å². The molecule has 0 saturated carbocycles. The largest absolute Gasteiger partial charge is 0.444 e. The number of hydrogen-bond acceptors (Lipinski definition) is 7. The maximum Gasteiger partial charge on any atom is 0.410 e. The van der Waals surface area contributed by atoms with Crippen molar-refractivity contribution in [1.82, 2.24) is 19.7 Å². The lowest BCUT2D eigenvalue weighted by atomic mass is 10.1. The summed E-state index contributed by atoms with van der Waals surface area (Å²) in [7, 11) is 0. The number of carbonyl (C=O) groups excluding carboxylic acids is 4. The molecule has 0 bridgehead atoms. The Morgan fingerprint density at radius 3 is 2.16 bits per heavy atom. The summed E-state index contributed by atoms with van der Waals surface area (Å²) in [5.41, 5.74) is -0.193. The van der Waals surface area contributed by atoms with Crippen LogP contribution in [0.5, 0.6) is 0 Å². The molecule has 0 N–H and O–H groups in total. The van der Waals surface area contributed by atoms with Gasteiger partial charge in [-0.2, -0.15) is 5.10 Å². The molecule has 0 spiro atoms. The van der Waals surface area contributed by atoms with Gasteiger partial charge in [-0.1, -0.05) is 17.2 Å². The summed E-state index contributed by atoms with van der Waals surface area (Å²) in [4.78, 5) is 56.1. The smallest absolute Gasteiger partial charge is 0.410 e. The maximum absolute atomic E-state index is 12.5. The number of rotatable bonds is 3. The number of hydroxylamine groups is 2. The summed E-state index contributed by atoms with van der Waals surface area (Å²) < 4.78 is 7.05. The number of piperidine rings is 1. The molecule has 32 heavy (non-hydrogen) atoms. The van der Waals surface area contributed by atoms with Gasteiger partial charge in [0.1, 0.15) is 5.60 Å². The molecule has 10 heteroatoms. The van der Waals surface area contributed by atoms with Crippen molar-refractivity contribution in [3.63, 3.8) is 0 Å². The van der Waals surface area contributed by atoms with Gasteiger partial charge in [-0.25, -0.2) is 9.59 Å². The second kappa shape index (κ2) is 8.10. The minimum atomic E-state index is -0.899. The van der Waals surface area contributed by atoms with Crippen LogP contribution in [0.1, 0.15) is 70.9 Å². The zero-order valence-electron chi connectivity index (χ0n) is 18.1. The Kier molecular flexibility index (Phi) is 5.45. The summed E-state index contributed by atoms with van der Waals surface area (Å²) in [5.74, 6) is -2.27. The molecule has 1 aromatic heterocycles. The van der Waals surface area contributed by atoms with E-state index in [1.165, 1.54) is 18.2 Å². The van der Waals surface area contributed by atoms with E-state index in [9.17, 15) is 19.2 Å². The van der Waals surface area contributed by atoms with E-state index in [1.807, 2.05) is 20.8 Å². The van der Waals surface area contributed by atoms with Crippen molar-refractivity contribution in [3.05, 3.63) is 53.3 Å². The zero-order chi connectivity index (χ0) is 23.0. The molecule has 2 aromatic rings. The molecule has 1 saturated heterocycles. The molecule has 0 radical (unpaired) electrons. The fourth-order valence-corrected chi connectivity index (χ4v) is 3.67. The summed E-state index contributed by atoms with van der Waals surface area (Å²) in [6.45, 7) is 6.49. The van der Waals surface area contributed by atoms with E-state index in [2.05, 4.69) is 5.10 Å². The Bertz CT molecular complexity index is 1040. The Balaban J connectivity index is 1.36. The first-order chi connectivity index (χ1) is 15.1. The predicted molar refractivity (Wildman–Crippen MR) is 111 cm³/mol. The van der Waals surface area contributed by atoms with Crippen LogP contribution >= 0.6 is 0 Å². The highest BCUT2D eigenvalue weighted by Gasteiger charge is 2.39. The van der Waals surface area contributed by atoms with Gasteiger partial charge >= 0.3 is 12.1 Å². The molecule has 4 rings (SSSR count). The van der Waals surface area contributed by atoms with Crippen LogP contribution in [0.2, 0.25) is 0 Å². The number of ether oxygens (including phenoxy) is 1. The first-order valence-corrected chi connectivity index (χ1v) is 10.4. The summed E-state index contributed by atoms with van der Waals surface area (Å²) >= 11 is 0. The number of nitrogens with zero attached hydrogens (tertiary/aromatic N) is 4. The van der Waals surface area contributed by atoms with Crippen LogP contribution < -0.4 is 0 Å². The predicted octanol–water partition coefficient (Wildman–Crippen LogP) is 2.82. The van der Waals surface area contributed by atoms with E-state index in [0.717, 1.165) is 0 Å². The first-order valence-electron chi connectivity index (χ1n) is 10.4. The maximum atomic E-state index is 12.5. The lowest BCUT2D eigenvalue weighted by molar-refractivity contribution is -0.0589. The topological polar surface area (TPSA) is 111 Å². The van der Waals surface area contributed by atoms with Crippen molar-refractivity contribution in [2.75, 3.05) is 13.1 Å². The van der Waals surface area contributed by atoms with Crippen molar-refractivity contribution in [2.24, 2.45) is 0 Å². The van der Waals surface area contributed by atoms with Crippen molar-refractivity contribution >= 4 is 23.9 Å². The normalized spacial score (nSPS) is 16.8. The van der Waals surface area contributed by atoms with Gasteiger partial charge < -0.3 is 14.5 Å². The molecular formula is C22H24N4O6. The van der Waals surface area contributed by atoms with Crippen LogP contribution in [0, 0.1) is 0 Å². The highest BCUT2D eigenvalue weighted by atomic mass is 16.7. The average Bonchev–Trinajstić information content (AvgIpc) is 3.33. The summed E-state index contributed by atoms with van der Waals surface area (Å²) in [5, 5.41) is 4.73. The average molecular weight is 440 g/mol. The lowest BCUT2D eigenvalue weighted by Gasteiger charge is -2.33. The third-order valence-electron chi connectivity index (χ3n) is 5.24. The molecule has 2 aliphatic heterocycles.